The molecule has 2 N–H and O–H groups in total. The molecule has 0 aromatic heterocycles. The lowest BCUT2D eigenvalue weighted by molar-refractivity contribution is -0.142. The number of fused-ring (bicyclic) bond motifs is 1. The second kappa shape index (κ2) is 5.97. The van der Waals surface area contributed by atoms with E-state index in [0.29, 0.717) is 37.2 Å². The minimum absolute atomic E-state index is 0.0207. The van der Waals surface area contributed by atoms with Gasteiger partial charge >= 0.3 is 12.1 Å². The molecule has 0 bridgehead atoms. The van der Waals surface area contributed by atoms with Crippen LogP contribution in [0.4, 0.5) is 4.79 Å². The van der Waals surface area contributed by atoms with Gasteiger partial charge in [-0.15, -0.1) is 0 Å². The van der Waals surface area contributed by atoms with Gasteiger partial charge < -0.3 is 20.1 Å². The summed E-state index contributed by atoms with van der Waals surface area (Å²) in [6, 6.07) is 7.93. The molecule has 2 aliphatic carbocycles. The van der Waals surface area contributed by atoms with Crippen molar-refractivity contribution in [3.8, 4) is 0 Å². The smallest absolute Gasteiger partial charge is 0.407 e. The molecular weight excluding hydrogens is 372 g/mol. The number of carbonyl (C=O) groups excluding carboxylic acids is 2. The normalized spacial score (nSPS) is 35.0. The topological polar surface area (TPSA) is 95.9 Å². The molecule has 5 rings (SSSR count). The van der Waals surface area contributed by atoms with Crippen LogP contribution in [-0.4, -0.2) is 53.2 Å². The van der Waals surface area contributed by atoms with Crippen LogP contribution in [0.15, 0.2) is 24.3 Å². The molecule has 0 radical (unpaired) electrons. The van der Waals surface area contributed by atoms with Crippen LogP contribution in [0.3, 0.4) is 0 Å². The van der Waals surface area contributed by atoms with Crippen LogP contribution < -0.4 is 5.32 Å². The van der Waals surface area contributed by atoms with E-state index in [9.17, 15) is 19.5 Å². The van der Waals surface area contributed by atoms with Gasteiger partial charge in [0.25, 0.3) is 0 Å². The number of benzene rings is 1. The third-order valence-corrected chi connectivity index (χ3v) is 7.50. The molecule has 1 aromatic carbocycles. The minimum atomic E-state index is -0.915. The second-order valence-corrected chi connectivity index (χ2v) is 9.74. The Morgan fingerprint density at radius 1 is 1.24 bits per heavy atom. The Morgan fingerprint density at radius 3 is 2.52 bits per heavy atom. The largest absolute Gasteiger partial charge is 0.481 e. The number of likely N-dealkylation sites (tertiary alicyclic amines) is 1. The third-order valence-electron chi connectivity index (χ3n) is 7.50. The maximum absolute atomic E-state index is 12.8. The van der Waals surface area contributed by atoms with Gasteiger partial charge in [-0.1, -0.05) is 24.3 Å². The van der Waals surface area contributed by atoms with E-state index < -0.39 is 11.4 Å². The van der Waals surface area contributed by atoms with Crippen LogP contribution in [0.1, 0.15) is 43.7 Å². The summed E-state index contributed by atoms with van der Waals surface area (Å²) in [5.74, 6) is 0.691. The first-order valence-corrected chi connectivity index (χ1v) is 10.3. The highest BCUT2D eigenvalue weighted by Gasteiger charge is 2.59. The fourth-order valence-electron chi connectivity index (χ4n) is 5.49. The van der Waals surface area contributed by atoms with E-state index in [1.165, 1.54) is 5.56 Å². The Labute approximate surface area is 169 Å². The van der Waals surface area contributed by atoms with Crippen LogP contribution in [-0.2, 0) is 19.7 Å². The quantitative estimate of drug-likeness (QED) is 0.810. The monoisotopic (exact) mass is 398 g/mol. The Morgan fingerprint density at radius 2 is 1.93 bits per heavy atom. The summed E-state index contributed by atoms with van der Waals surface area (Å²) < 4.78 is 4.99. The number of aliphatic carboxylic acids is 1. The molecule has 2 amide bonds. The maximum Gasteiger partial charge on any atom is 0.407 e. The molecule has 2 aliphatic heterocycles. The van der Waals surface area contributed by atoms with E-state index in [1.54, 1.807) is 13.8 Å². The first kappa shape index (κ1) is 18.5. The number of carbonyl (C=O) groups is 3. The predicted molar refractivity (Wildman–Crippen MR) is 103 cm³/mol. The van der Waals surface area contributed by atoms with Gasteiger partial charge in [0.1, 0.15) is 6.61 Å². The van der Waals surface area contributed by atoms with Gasteiger partial charge in [0.2, 0.25) is 5.91 Å². The molecule has 2 saturated carbocycles. The van der Waals surface area contributed by atoms with E-state index in [2.05, 4.69) is 11.4 Å². The molecule has 3 atom stereocenters. The maximum atomic E-state index is 12.8. The number of alkyl carbamates (subject to hydrolysis) is 1. The number of ether oxygens (including phenoxy) is 1. The highest BCUT2D eigenvalue weighted by molar-refractivity contribution is 5.82. The first-order chi connectivity index (χ1) is 13.7. The molecule has 7 nitrogen and oxygen atoms in total. The van der Waals surface area contributed by atoms with Crippen molar-refractivity contribution < 1.29 is 24.2 Å². The molecule has 1 spiro atoms. The number of hydrogen-bond acceptors (Lipinski definition) is 4. The SMILES string of the molecule is CC(C)(C(=O)O)c1cccc(C2C3CN(C(=O)C4CC5(COC(=O)N5)C4)C[C@H]32)c1. The zero-order chi connectivity index (χ0) is 20.6. The van der Waals surface area contributed by atoms with Crippen molar-refractivity contribution in [2.24, 2.45) is 17.8 Å². The molecule has 154 valence electrons. The number of hydrogen-bond donors (Lipinski definition) is 2. The lowest BCUT2D eigenvalue weighted by atomic mass is 9.68. The number of rotatable bonds is 4. The molecule has 2 unspecified atom stereocenters. The van der Waals surface area contributed by atoms with Crippen molar-refractivity contribution in [1.82, 2.24) is 10.2 Å². The van der Waals surface area contributed by atoms with Gasteiger partial charge in [-0.3, -0.25) is 9.59 Å². The second-order valence-electron chi connectivity index (χ2n) is 9.74. The van der Waals surface area contributed by atoms with Crippen molar-refractivity contribution >= 4 is 18.0 Å². The molecule has 29 heavy (non-hydrogen) atoms. The number of cyclic esters (lactones) is 1. The van der Waals surface area contributed by atoms with Gasteiger partial charge in [0.15, 0.2) is 0 Å². The average molecular weight is 398 g/mol. The number of amides is 2. The van der Waals surface area contributed by atoms with Crippen molar-refractivity contribution in [1.29, 1.82) is 0 Å². The van der Waals surface area contributed by atoms with Gasteiger partial charge in [0.05, 0.1) is 11.0 Å². The zero-order valence-corrected chi connectivity index (χ0v) is 16.7. The lowest BCUT2D eigenvalue weighted by Gasteiger charge is -2.43. The Balaban J connectivity index is 1.20. The Bertz CT molecular complexity index is 892. The van der Waals surface area contributed by atoms with Crippen molar-refractivity contribution in [2.45, 2.75) is 43.6 Å². The van der Waals surface area contributed by atoms with E-state index in [-0.39, 0.29) is 23.5 Å². The Kier molecular flexibility index (Phi) is 3.80. The van der Waals surface area contributed by atoms with Crippen molar-refractivity contribution in [2.75, 3.05) is 19.7 Å². The van der Waals surface area contributed by atoms with E-state index in [4.69, 9.17) is 4.74 Å². The van der Waals surface area contributed by atoms with Crippen LogP contribution in [0, 0.1) is 17.8 Å². The first-order valence-electron chi connectivity index (χ1n) is 10.3. The third kappa shape index (κ3) is 2.81. The van der Waals surface area contributed by atoms with Gasteiger partial charge in [-0.2, -0.15) is 0 Å². The number of nitrogens with zero attached hydrogens (tertiary/aromatic N) is 1. The summed E-state index contributed by atoms with van der Waals surface area (Å²) in [5.41, 5.74) is 0.773. The molecule has 4 aliphatic rings. The standard InChI is InChI=1S/C22H26N2O5/c1-21(2,19(26)27)14-5-3-4-12(6-14)17-15-9-24(10-16(15)17)18(25)13-7-22(8-13)11-29-20(28)23-22/h3-6,13,15-17H,7-11H2,1-2H3,(H,23,28)(H,26,27)/t13?,15-,16?,17?,22?/m1/s1. The number of nitrogens with one attached hydrogen (secondary N) is 1. The zero-order valence-electron chi connectivity index (χ0n) is 16.7. The Hall–Kier alpha value is -2.57. The molecule has 2 heterocycles. The fraction of sp³-hybridized carbons (Fsp3) is 0.591. The van der Waals surface area contributed by atoms with Crippen LogP contribution in [0.25, 0.3) is 0 Å². The summed E-state index contributed by atoms with van der Waals surface area (Å²) in [4.78, 5) is 37.6. The van der Waals surface area contributed by atoms with E-state index in [0.717, 1.165) is 18.7 Å². The van der Waals surface area contributed by atoms with Crippen LogP contribution >= 0.6 is 0 Å². The van der Waals surface area contributed by atoms with Crippen molar-refractivity contribution in [3.63, 3.8) is 0 Å². The highest BCUT2D eigenvalue weighted by atomic mass is 16.6. The summed E-state index contributed by atoms with van der Waals surface area (Å²) in [7, 11) is 0. The average Bonchev–Trinajstić information content (AvgIpc) is 2.99. The lowest BCUT2D eigenvalue weighted by Crippen LogP contribution is -2.58. The van der Waals surface area contributed by atoms with E-state index in [1.807, 2.05) is 23.1 Å². The van der Waals surface area contributed by atoms with Gasteiger partial charge in [-0.25, -0.2) is 4.79 Å². The summed E-state index contributed by atoms with van der Waals surface area (Å²) in [6.07, 6.45) is 0.952. The van der Waals surface area contributed by atoms with E-state index >= 15 is 0 Å². The number of carboxylic acid groups (broad SMARTS) is 1. The van der Waals surface area contributed by atoms with Gasteiger partial charge in [0, 0.05) is 19.0 Å². The number of piperidine rings is 1. The summed E-state index contributed by atoms with van der Waals surface area (Å²) in [6.45, 7) is 5.36. The number of carboxylic acids is 1. The van der Waals surface area contributed by atoms with Gasteiger partial charge in [-0.05, 0) is 55.6 Å². The molecule has 1 aromatic rings. The fourth-order valence-corrected chi connectivity index (χ4v) is 5.49. The summed E-state index contributed by atoms with van der Waals surface area (Å²) >= 11 is 0. The summed E-state index contributed by atoms with van der Waals surface area (Å²) in [5, 5.41) is 12.3. The minimum Gasteiger partial charge on any atom is -0.481 e. The van der Waals surface area contributed by atoms with Crippen LogP contribution in [0.5, 0.6) is 0 Å². The van der Waals surface area contributed by atoms with Crippen molar-refractivity contribution in [3.05, 3.63) is 35.4 Å². The predicted octanol–water partition coefficient (Wildman–Crippen LogP) is 2.11. The molecular formula is C22H26N2O5. The molecule has 4 fully saturated rings. The molecule has 7 heteroatoms. The highest BCUT2D eigenvalue weighted by Crippen LogP contribution is 2.59. The van der Waals surface area contributed by atoms with Crippen LogP contribution in [0.2, 0.25) is 0 Å². The molecule has 2 saturated heterocycles.